The minimum Gasteiger partial charge on any atom is -0.324 e. The second-order valence-corrected chi connectivity index (χ2v) is 3.86. The molecular formula is C11H21BrN2O2. The molecule has 0 aliphatic carbocycles. The van der Waals surface area contributed by atoms with Gasteiger partial charge in [-0.15, -0.1) is 0 Å². The van der Waals surface area contributed by atoms with Crippen molar-refractivity contribution in [3.05, 3.63) is 32.4 Å². The molecule has 94 valence electrons. The molecule has 5 heteroatoms. The van der Waals surface area contributed by atoms with Crippen molar-refractivity contribution >= 4 is 15.9 Å². The van der Waals surface area contributed by atoms with Gasteiger partial charge in [0.15, 0.2) is 0 Å². The Morgan fingerprint density at radius 2 is 2.06 bits per heavy atom. The van der Waals surface area contributed by atoms with Crippen LogP contribution in [-0.2, 0) is 0 Å². The Morgan fingerprint density at radius 3 is 2.38 bits per heavy atom. The van der Waals surface area contributed by atoms with E-state index in [9.17, 15) is 10.1 Å². The van der Waals surface area contributed by atoms with Crippen LogP contribution in [-0.4, -0.2) is 11.0 Å². The highest BCUT2D eigenvalue weighted by Gasteiger charge is 2.14. The SMILES string of the molecule is CC.CCC/C=C(Br)\C(=C/C(C)N)[N+](=O)[O-]. The summed E-state index contributed by atoms with van der Waals surface area (Å²) in [7, 11) is 0. The average molecular weight is 293 g/mol. The number of hydrogen-bond donors (Lipinski definition) is 1. The van der Waals surface area contributed by atoms with Crippen molar-refractivity contribution in [1.29, 1.82) is 0 Å². The van der Waals surface area contributed by atoms with Crippen LogP contribution < -0.4 is 5.73 Å². The van der Waals surface area contributed by atoms with Crippen LogP contribution >= 0.6 is 15.9 Å². The third kappa shape index (κ3) is 8.61. The lowest BCUT2D eigenvalue weighted by Crippen LogP contribution is -2.14. The van der Waals surface area contributed by atoms with E-state index in [0.717, 1.165) is 12.8 Å². The fourth-order valence-corrected chi connectivity index (χ4v) is 1.36. The molecule has 0 amide bonds. The Hall–Kier alpha value is -0.680. The molecule has 0 saturated heterocycles. The van der Waals surface area contributed by atoms with Crippen LogP contribution in [0.3, 0.4) is 0 Å². The standard InChI is InChI=1S/C9H15BrN2O2.C2H6/c1-3-4-5-8(10)9(12(13)14)6-7(2)11;1-2/h5-7H,3-4,11H2,1-2H3;1-2H3/b8-5+,9-6+;. The van der Waals surface area contributed by atoms with Gasteiger partial charge < -0.3 is 5.73 Å². The zero-order chi connectivity index (χ0) is 13.1. The molecule has 0 bridgehead atoms. The van der Waals surface area contributed by atoms with Gasteiger partial charge >= 0.3 is 0 Å². The van der Waals surface area contributed by atoms with Crippen molar-refractivity contribution in [2.75, 3.05) is 0 Å². The Balaban J connectivity index is 0. The first-order valence-electron chi connectivity index (χ1n) is 5.46. The molecule has 0 heterocycles. The van der Waals surface area contributed by atoms with E-state index in [2.05, 4.69) is 15.9 Å². The van der Waals surface area contributed by atoms with Gasteiger partial charge in [0.25, 0.3) is 5.70 Å². The molecule has 0 radical (unpaired) electrons. The second kappa shape index (κ2) is 10.8. The smallest absolute Gasteiger partial charge is 0.280 e. The summed E-state index contributed by atoms with van der Waals surface area (Å²) >= 11 is 3.17. The molecule has 0 aromatic heterocycles. The molecule has 0 rings (SSSR count). The highest BCUT2D eigenvalue weighted by atomic mass is 79.9. The van der Waals surface area contributed by atoms with Crippen LogP contribution in [0.1, 0.15) is 40.5 Å². The van der Waals surface area contributed by atoms with Gasteiger partial charge in [0.2, 0.25) is 0 Å². The van der Waals surface area contributed by atoms with E-state index in [1.54, 1.807) is 13.0 Å². The summed E-state index contributed by atoms with van der Waals surface area (Å²) in [4.78, 5) is 10.2. The second-order valence-electron chi connectivity index (χ2n) is 3.01. The predicted octanol–water partition coefficient (Wildman–Crippen LogP) is 3.60. The van der Waals surface area contributed by atoms with Crippen molar-refractivity contribution in [2.24, 2.45) is 5.73 Å². The van der Waals surface area contributed by atoms with Gasteiger partial charge in [-0.1, -0.05) is 33.3 Å². The Morgan fingerprint density at radius 1 is 1.56 bits per heavy atom. The lowest BCUT2D eigenvalue weighted by molar-refractivity contribution is -0.419. The number of allylic oxidation sites excluding steroid dienone is 2. The van der Waals surface area contributed by atoms with Gasteiger partial charge in [-0.2, -0.15) is 0 Å². The van der Waals surface area contributed by atoms with Crippen LogP contribution in [0.15, 0.2) is 22.3 Å². The molecule has 2 N–H and O–H groups in total. The van der Waals surface area contributed by atoms with E-state index in [0.29, 0.717) is 4.48 Å². The van der Waals surface area contributed by atoms with Crippen LogP contribution in [0.4, 0.5) is 0 Å². The molecule has 0 aromatic rings. The number of rotatable bonds is 5. The van der Waals surface area contributed by atoms with E-state index in [4.69, 9.17) is 5.73 Å². The summed E-state index contributed by atoms with van der Waals surface area (Å²) in [5.41, 5.74) is 5.50. The summed E-state index contributed by atoms with van der Waals surface area (Å²) in [6, 6.07) is -0.321. The number of halogens is 1. The van der Waals surface area contributed by atoms with Gasteiger partial charge in [-0.25, -0.2) is 0 Å². The zero-order valence-corrected chi connectivity index (χ0v) is 12.0. The first kappa shape index (κ1) is 17.7. The lowest BCUT2D eigenvalue weighted by Gasteiger charge is -1.99. The van der Waals surface area contributed by atoms with Crippen LogP contribution in [0.2, 0.25) is 0 Å². The Labute approximate surface area is 106 Å². The fourth-order valence-electron chi connectivity index (χ4n) is 0.852. The van der Waals surface area contributed by atoms with Gasteiger partial charge in [0, 0.05) is 12.1 Å². The van der Waals surface area contributed by atoms with E-state index < -0.39 is 4.92 Å². The quantitative estimate of drug-likeness (QED) is 0.478. The molecule has 0 aliphatic rings. The number of nitrogens with zero attached hydrogens (tertiary/aromatic N) is 1. The maximum absolute atomic E-state index is 10.7. The number of unbranched alkanes of at least 4 members (excludes halogenated alkanes) is 1. The Kier molecular flexibility index (Phi) is 12.0. The largest absolute Gasteiger partial charge is 0.324 e. The third-order valence-electron chi connectivity index (χ3n) is 1.47. The molecule has 0 spiro atoms. The maximum Gasteiger partial charge on any atom is 0.280 e. The van der Waals surface area contributed by atoms with Gasteiger partial charge in [0.1, 0.15) is 0 Å². The van der Waals surface area contributed by atoms with Gasteiger partial charge in [-0.3, -0.25) is 10.1 Å². The molecular weight excluding hydrogens is 272 g/mol. The van der Waals surface area contributed by atoms with Crippen molar-refractivity contribution < 1.29 is 4.92 Å². The highest BCUT2D eigenvalue weighted by molar-refractivity contribution is 9.11. The van der Waals surface area contributed by atoms with Crippen LogP contribution in [0.25, 0.3) is 0 Å². The summed E-state index contributed by atoms with van der Waals surface area (Å²) < 4.78 is 0.502. The molecule has 0 aromatic carbocycles. The summed E-state index contributed by atoms with van der Waals surface area (Å²) in [5, 5.41) is 10.7. The minimum atomic E-state index is -0.431. The maximum atomic E-state index is 10.7. The van der Waals surface area contributed by atoms with Crippen molar-refractivity contribution in [3.8, 4) is 0 Å². The molecule has 4 nitrogen and oxygen atoms in total. The first-order chi connectivity index (χ1) is 7.49. The number of hydrogen-bond acceptors (Lipinski definition) is 3. The molecule has 1 unspecified atom stereocenters. The first-order valence-corrected chi connectivity index (χ1v) is 6.26. The lowest BCUT2D eigenvalue weighted by atomic mass is 10.2. The molecule has 0 aliphatic heterocycles. The van der Waals surface area contributed by atoms with Gasteiger partial charge in [0.05, 0.1) is 9.41 Å². The van der Waals surface area contributed by atoms with E-state index in [1.165, 1.54) is 6.08 Å². The number of nitro groups is 1. The van der Waals surface area contributed by atoms with E-state index in [1.807, 2.05) is 20.8 Å². The zero-order valence-electron chi connectivity index (χ0n) is 10.4. The van der Waals surface area contributed by atoms with Crippen molar-refractivity contribution in [3.63, 3.8) is 0 Å². The normalized spacial score (nSPS) is 13.9. The van der Waals surface area contributed by atoms with E-state index >= 15 is 0 Å². The van der Waals surface area contributed by atoms with E-state index in [-0.39, 0.29) is 11.7 Å². The molecule has 16 heavy (non-hydrogen) atoms. The van der Waals surface area contributed by atoms with Crippen LogP contribution in [0, 0.1) is 10.1 Å². The fraction of sp³-hybridized carbons (Fsp3) is 0.636. The monoisotopic (exact) mass is 292 g/mol. The Bertz CT molecular complexity index is 261. The van der Waals surface area contributed by atoms with Crippen molar-refractivity contribution in [1.82, 2.24) is 0 Å². The third-order valence-corrected chi connectivity index (χ3v) is 2.20. The van der Waals surface area contributed by atoms with Gasteiger partial charge in [-0.05, 0) is 29.3 Å². The van der Waals surface area contributed by atoms with Crippen LogP contribution in [0.5, 0.6) is 0 Å². The summed E-state index contributed by atoms with van der Waals surface area (Å²) in [6.45, 7) is 7.71. The molecule has 0 saturated carbocycles. The summed E-state index contributed by atoms with van der Waals surface area (Å²) in [6.07, 6.45) is 4.98. The predicted molar refractivity (Wildman–Crippen MR) is 72.0 cm³/mol. The molecule has 0 fully saturated rings. The van der Waals surface area contributed by atoms with Crippen molar-refractivity contribution in [2.45, 2.75) is 46.6 Å². The highest BCUT2D eigenvalue weighted by Crippen LogP contribution is 2.19. The minimum absolute atomic E-state index is 0.0356. The number of nitrogens with two attached hydrogens (primary N) is 1. The average Bonchev–Trinajstić information content (AvgIpc) is 2.24. The topological polar surface area (TPSA) is 69.2 Å². The summed E-state index contributed by atoms with van der Waals surface area (Å²) in [5.74, 6) is 0. The molecule has 1 atom stereocenters.